The molecule has 22 nitrogen and oxygen atoms in total. The molecule has 7 heterocycles. The maximum atomic E-state index is 13.2. The Kier molecular flexibility index (Phi) is 7.32. The van der Waals surface area contributed by atoms with E-state index in [0.717, 1.165) is 6.33 Å². The Morgan fingerprint density at radius 2 is 1.58 bits per heavy atom. The SMILES string of the molecule is Nc1nc2c(ccn2[C@@H]2O[C@@H]3COP(=O)(O)O[C@@H]4[C@H](O)[C@@H](COP(=O)(O)O[C@H]3[C@H]2O)O[C@H]4n2cnc3c(N)ncnc32)c(=O)[nH]1. The summed E-state index contributed by atoms with van der Waals surface area (Å²) in [6.45, 7) is -1.62. The van der Waals surface area contributed by atoms with Gasteiger partial charge in [0.2, 0.25) is 5.95 Å². The van der Waals surface area contributed by atoms with Crippen LogP contribution in [0, 0.1) is 0 Å². The number of rotatable bonds is 2. The number of ether oxygens (including phenoxy) is 2. The van der Waals surface area contributed by atoms with Crippen LogP contribution in [0.5, 0.6) is 0 Å². The predicted octanol–water partition coefficient (Wildman–Crippen LogP) is -1.74. The van der Waals surface area contributed by atoms with Crippen LogP contribution in [0.4, 0.5) is 11.8 Å². The van der Waals surface area contributed by atoms with Crippen LogP contribution in [0.15, 0.2) is 29.7 Å². The fourth-order valence-corrected chi connectivity index (χ4v) is 7.33. The second kappa shape index (κ2) is 10.9. The molecule has 0 saturated carbocycles. The summed E-state index contributed by atoms with van der Waals surface area (Å²) < 4.78 is 61.3. The average molecular weight is 673 g/mol. The fourth-order valence-electron chi connectivity index (χ4n) is 5.43. The third kappa shape index (κ3) is 5.33. The van der Waals surface area contributed by atoms with Gasteiger partial charge in [-0.2, -0.15) is 4.98 Å². The Bertz CT molecular complexity index is 1930. The number of aliphatic hydroxyl groups excluding tert-OH is 2. The number of nitrogens with zero attached hydrogens (tertiary/aromatic N) is 6. The molecule has 3 fully saturated rings. The number of nitrogens with one attached hydrogen (secondary N) is 1. The molecule has 24 heteroatoms. The number of H-pyrrole nitrogens is 1. The molecule has 2 unspecified atom stereocenters. The van der Waals surface area contributed by atoms with Crippen LogP contribution >= 0.6 is 15.6 Å². The lowest BCUT2D eigenvalue weighted by Gasteiger charge is -2.25. The predicted molar refractivity (Wildman–Crippen MR) is 146 cm³/mol. The molecule has 3 saturated heterocycles. The smallest absolute Gasteiger partial charge is 0.387 e. The van der Waals surface area contributed by atoms with Crippen LogP contribution in [0.1, 0.15) is 12.5 Å². The minimum atomic E-state index is -5.08. The fraction of sp³-hybridized carbons (Fsp3) is 0.476. The van der Waals surface area contributed by atoms with Gasteiger partial charge >= 0.3 is 15.6 Å². The monoisotopic (exact) mass is 673 g/mol. The molecule has 7 rings (SSSR count). The van der Waals surface area contributed by atoms with Gasteiger partial charge in [0.05, 0.1) is 24.9 Å². The molecule has 0 spiro atoms. The largest absolute Gasteiger partial charge is 0.472 e. The lowest BCUT2D eigenvalue weighted by Crippen LogP contribution is -2.36. The number of aliphatic hydroxyl groups is 2. The van der Waals surface area contributed by atoms with Gasteiger partial charge in [0.15, 0.2) is 29.6 Å². The van der Waals surface area contributed by atoms with Crippen molar-refractivity contribution >= 4 is 49.6 Å². The first-order valence-corrected chi connectivity index (χ1v) is 16.1. The van der Waals surface area contributed by atoms with Crippen LogP contribution < -0.4 is 17.0 Å². The summed E-state index contributed by atoms with van der Waals surface area (Å²) in [7, 11) is -10.1. The second-order valence-corrected chi connectivity index (χ2v) is 13.1. The first-order valence-electron chi connectivity index (χ1n) is 13.1. The lowest BCUT2D eigenvalue weighted by atomic mass is 10.1. The number of fused-ring (bicyclic) bond motifs is 5. The number of hydrogen-bond acceptors (Lipinski definition) is 17. The summed E-state index contributed by atoms with van der Waals surface area (Å²) in [5, 5.41) is 22.2. The molecule has 0 radical (unpaired) electrons. The quantitative estimate of drug-likeness (QED) is 0.116. The number of anilines is 2. The molecule has 0 amide bonds. The van der Waals surface area contributed by atoms with Crippen molar-refractivity contribution < 1.29 is 56.7 Å². The van der Waals surface area contributed by atoms with Gasteiger partial charge in [-0.1, -0.05) is 0 Å². The summed E-state index contributed by atoms with van der Waals surface area (Å²) in [6, 6.07) is 1.37. The van der Waals surface area contributed by atoms with Crippen molar-refractivity contribution in [1.82, 2.24) is 34.1 Å². The normalized spacial score (nSPS) is 37.7. The number of nitrogens with two attached hydrogens (primary N) is 2. The van der Waals surface area contributed by atoms with Crippen molar-refractivity contribution in [3.63, 3.8) is 0 Å². The van der Waals surface area contributed by atoms with Crippen LogP contribution in [-0.4, -0.2) is 104 Å². The van der Waals surface area contributed by atoms with Crippen molar-refractivity contribution in [2.75, 3.05) is 24.7 Å². The highest BCUT2D eigenvalue weighted by Gasteiger charge is 2.53. The first kappa shape index (κ1) is 30.3. The molecule has 3 aliphatic rings. The number of hydrogen-bond donors (Lipinski definition) is 7. The van der Waals surface area contributed by atoms with Crippen molar-refractivity contribution in [1.29, 1.82) is 0 Å². The summed E-state index contributed by atoms with van der Waals surface area (Å²) in [6.07, 6.45) is -8.77. The highest BCUT2D eigenvalue weighted by molar-refractivity contribution is 7.47. The highest BCUT2D eigenvalue weighted by Crippen LogP contribution is 2.53. The van der Waals surface area contributed by atoms with E-state index in [1.807, 2.05) is 0 Å². The number of imidazole rings is 1. The second-order valence-electron chi connectivity index (χ2n) is 10.3. The molecule has 0 aliphatic carbocycles. The molecule has 2 bridgehead atoms. The molecular weight excluding hydrogens is 648 g/mol. The van der Waals surface area contributed by atoms with Crippen LogP contribution in [-0.2, 0) is 36.7 Å². The van der Waals surface area contributed by atoms with E-state index in [-0.39, 0.29) is 34.0 Å². The molecule has 9 N–H and O–H groups in total. The van der Waals surface area contributed by atoms with E-state index >= 15 is 0 Å². The molecule has 4 aromatic rings. The van der Waals surface area contributed by atoms with Crippen molar-refractivity contribution in [3.8, 4) is 0 Å². The van der Waals surface area contributed by atoms with Gasteiger partial charge in [0.25, 0.3) is 5.56 Å². The Balaban J connectivity index is 1.21. The van der Waals surface area contributed by atoms with Gasteiger partial charge in [-0.15, -0.1) is 0 Å². The van der Waals surface area contributed by atoms with Crippen LogP contribution in [0.3, 0.4) is 0 Å². The third-order valence-corrected chi connectivity index (χ3v) is 9.44. The highest BCUT2D eigenvalue weighted by atomic mass is 31.2. The number of aromatic nitrogens is 7. The first-order chi connectivity index (χ1) is 21.3. The molecule has 10 atom stereocenters. The molecule has 3 aliphatic heterocycles. The van der Waals surface area contributed by atoms with E-state index in [9.17, 15) is 33.9 Å². The van der Waals surface area contributed by atoms with Crippen molar-refractivity contribution in [2.24, 2.45) is 0 Å². The zero-order valence-electron chi connectivity index (χ0n) is 22.5. The number of aromatic amines is 1. The lowest BCUT2D eigenvalue weighted by molar-refractivity contribution is -0.0671. The number of nitrogen functional groups attached to an aromatic ring is 2. The summed E-state index contributed by atoms with van der Waals surface area (Å²) >= 11 is 0. The molecular formula is C21H25N9O13P2. The topological polar surface area (TPSA) is 317 Å². The minimum Gasteiger partial charge on any atom is -0.387 e. The van der Waals surface area contributed by atoms with Gasteiger partial charge in [-0.3, -0.25) is 32.4 Å². The van der Waals surface area contributed by atoms with Crippen LogP contribution in [0.25, 0.3) is 22.2 Å². The van der Waals surface area contributed by atoms with E-state index in [1.54, 1.807) is 0 Å². The molecule has 242 valence electrons. The van der Waals surface area contributed by atoms with E-state index in [2.05, 4.69) is 24.9 Å². The van der Waals surface area contributed by atoms with E-state index < -0.39 is 83.5 Å². The summed E-state index contributed by atoms with van der Waals surface area (Å²) in [5.41, 5.74) is 11.2. The zero-order chi connectivity index (χ0) is 31.8. The van der Waals surface area contributed by atoms with Crippen LogP contribution in [0.2, 0.25) is 0 Å². The van der Waals surface area contributed by atoms with Gasteiger partial charge < -0.3 is 45.5 Å². The number of phosphoric acid groups is 2. The molecule has 0 aromatic carbocycles. The number of phosphoric ester groups is 2. The maximum absolute atomic E-state index is 13.2. The van der Waals surface area contributed by atoms with E-state index in [4.69, 9.17) is 39.0 Å². The minimum absolute atomic E-state index is 0.00224. The standard InChI is InChI=1S/C21H25N9O13P2/c22-15-10-17(25-5-24-15)30(6-26-10)20-14-11(31)8(40-20)3-38-44(34,35)42-13-9(4-39-45(36,37)43-14)41-19(12(13)32)29-2-1-7-16(29)27-21(23)28-18(7)33/h1-2,5-6,8-9,11-14,19-20,31-32H,3-4H2,(H,34,35)(H,36,37)(H2,22,24,25)(H3,23,27,28,33)/t8-,9-,11-,12-,13-,14-,19-,20-/m1/s1. The molecule has 45 heavy (non-hydrogen) atoms. The third-order valence-electron chi connectivity index (χ3n) is 7.47. The Morgan fingerprint density at radius 3 is 2.33 bits per heavy atom. The zero-order valence-corrected chi connectivity index (χ0v) is 24.3. The average Bonchev–Trinajstić information content (AvgIpc) is 3.72. The maximum Gasteiger partial charge on any atom is 0.472 e. The van der Waals surface area contributed by atoms with Gasteiger partial charge in [-0.05, 0) is 6.07 Å². The Labute approximate surface area is 249 Å². The van der Waals surface area contributed by atoms with Crippen molar-refractivity contribution in [3.05, 3.63) is 35.3 Å². The van der Waals surface area contributed by atoms with Crippen molar-refractivity contribution in [2.45, 2.75) is 49.1 Å². The van der Waals surface area contributed by atoms with Gasteiger partial charge in [0, 0.05) is 6.20 Å². The van der Waals surface area contributed by atoms with E-state index in [0.29, 0.717) is 0 Å². The summed E-state index contributed by atoms with van der Waals surface area (Å²) in [4.78, 5) is 52.0. The molecule has 4 aromatic heterocycles. The van der Waals surface area contributed by atoms with E-state index in [1.165, 1.54) is 27.7 Å². The van der Waals surface area contributed by atoms with Gasteiger partial charge in [0.1, 0.15) is 48.5 Å². The van der Waals surface area contributed by atoms with Gasteiger partial charge in [-0.25, -0.2) is 24.1 Å². The Hall–Kier alpha value is -3.37. The summed E-state index contributed by atoms with van der Waals surface area (Å²) in [5.74, 6) is -0.206. The Morgan fingerprint density at radius 1 is 0.889 bits per heavy atom.